The molecule has 0 bridgehead atoms. The van der Waals surface area contributed by atoms with Crippen LogP contribution in [0, 0.1) is 0 Å². The molecular weight excluding hydrogens is 598 g/mol. The topological polar surface area (TPSA) is 108 Å². The van der Waals surface area contributed by atoms with Crippen LogP contribution >= 0.6 is 0 Å². The Morgan fingerprint density at radius 3 is 1.57 bits per heavy atom. The van der Waals surface area contributed by atoms with E-state index in [2.05, 4.69) is 26.0 Å². The fraction of sp³-hybridized carbons (Fsp3) is 0.868. The molecule has 1 N–H and O–H groups in total. The summed E-state index contributed by atoms with van der Waals surface area (Å²) in [5.41, 5.74) is 0. The first-order chi connectivity index (χ1) is 22.6. The quantitative estimate of drug-likeness (QED) is 0.0238. The molecule has 0 spiro atoms. The molecule has 0 aromatic carbocycles. The fourth-order valence-corrected chi connectivity index (χ4v) is 5.00. The monoisotopic (exact) mass is 671 g/mol. The fourth-order valence-electron chi connectivity index (χ4n) is 5.00. The van der Waals surface area contributed by atoms with Gasteiger partial charge in [-0.3, -0.25) is 9.59 Å². The second-order valence-corrected chi connectivity index (χ2v) is 13.9. The van der Waals surface area contributed by atoms with E-state index in [1.807, 2.05) is 21.1 Å². The third-order valence-corrected chi connectivity index (χ3v) is 8.02. The number of esters is 2. The zero-order chi connectivity index (χ0) is 35.0. The summed E-state index contributed by atoms with van der Waals surface area (Å²) in [6.07, 6.45) is 25.9. The first-order valence-electron chi connectivity index (χ1n) is 18.9. The van der Waals surface area contributed by atoms with E-state index in [0.717, 1.165) is 64.2 Å². The highest BCUT2D eigenvalue weighted by atomic mass is 16.7. The third-order valence-electron chi connectivity index (χ3n) is 8.02. The summed E-state index contributed by atoms with van der Waals surface area (Å²) in [5, 5.41) is 9.54. The molecule has 9 heteroatoms. The van der Waals surface area contributed by atoms with E-state index >= 15 is 0 Å². The molecule has 0 aliphatic heterocycles. The van der Waals surface area contributed by atoms with Crippen LogP contribution in [0.5, 0.6) is 0 Å². The summed E-state index contributed by atoms with van der Waals surface area (Å²) < 4.78 is 22.5. The lowest BCUT2D eigenvalue weighted by atomic mass is 10.1. The zero-order valence-corrected chi connectivity index (χ0v) is 30.9. The van der Waals surface area contributed by atoms with Gasteiger partial charge >= 0.3 is 17.9 Å². The van der Waals surface area contributed by atoms with Crippen molar-refractivity contribution in [1.29, 1.82) is 0 Å². The molecule has 0 aromatic rings. The molecule has 0 saturated carbocycles. The van der Waals surface area contributed by atoms with E-state index in [9.17, 15) is 19.5 Å². The Hall–Kier alpha value is -1.97. The Kier molecular flexibility index (Phi) is 30.0. The van der Waals surface area contributed by atoms with Gasteiger partial charge in [0.25, 0.3) is 6.29 Å². The third kappa shape index (κ3) is 32.4. The largest absolute Gasteiger partial charge is 0.477 e. The molecule has 0 radical (unpaired) electrons. The number of carbonyl (C=O) groups is 3. The van der Waals surface area contributed by atoms with Crippen molar-refractivity contribution in [1.82, 2.24) is 0 Å². The Labute approximate surface area is 287 Å². The van der Waals surface area contributed by atoms with Gasteiger partial charge in [0.1, 0.15) is 13.2 Å². The van der Waals surface area contributed by atoms with Crippen LogP contribution in [-0.4, -0.2) is 87.4 Å². The molecule has 0 aliphatic rings. The number of hydrogen-bond donors (Lipinski definition) is 1. The van der Waals surface area contributed by atoms with Gasteiger partial charge in [0.15, 0.2) is 6.10 Å². The van der Waals surface area contributed by atoms with E-state index in [1.54, 1.807) is 0 Å². The first kappa shape index (κ1) is 45.0. The highest BCUT2D eigenvalue weighted by molar-refractivity contribution is 5.71. The summed E-state index contributed by atoms with van der Waals surface area (Å²) in [4.78, 5) is 36.6. The highest BCUT2D eigenvalue weighted by Gasteiger charge is 2.25. The summed E-state index contributed by atoms with van der Waals surface area (Å²) in [5.74, 6) is -2.03. The van der Waals surface area contributed by atoms with Crippen LogP contribution in [0.2, 0.25) is 0 Å². The predicted molar refractivity (Wildman–Crippen MR) is 189 cm³/mol. The number of ether oxygens (including phenoxy) is 4. The van der Waals surface area contributed by atoms with Gasteiger partial charge in [0.2, 0.25) is 0 Å². The van der Waals surface area contributed by atoms with Crippen LogP contribution in [0.1, 0.15) is 155 Å². The van der Waals surface area contributed by atoms with Gasteiger partial charge in [0, 0.05) is 12.8 Å². The minimum atomic E-state index is -1.50. The molecule has 9 nitrogen and oxygen atoms in total. The van der Waals surface area contributed by atoms with Crippen LogP contribution in [0.25, 0.3) is 0 Å². The molecule has 2 unspecified atom stereocenters. The van der Waals surface area contributed by atoms with Gasteiger partial charge in [-0.25, -0.2) is 4.79 Å². The molecule has 0 saturated heterocycles. The molecule has 276 valence electrons. The van der Waals surface area contributed by atoms with E-state index in [4.69, 9.17) is 18.9 Å². The predicted octanol–water partition coefficient (Wildman–Crippen LogP) is 8.77. The lowest BCUT2D eigenvalue weighted by molar-refractivity contribution is -0.870. The molecule has 0 aromatic heterocycles. The Morgan fingerprint density at radius 2 is 1.09 bits per heavy atom. The summed E-state index contributed by atoms with van der Waals surface area (Å²) >= 11 is 0. The number of rotatable bonds is 34. The first-order valence-corrected chi connectivity index (χ1v) is 18.9. The van der Waals surface area contributed by atoms with Crippen LogP contribution in [0.3, 0.4) is 0 Å². The van der Waals surface area contributed by atoms with E-state index in [1.165, 1.54) is 64.2 Å². The highest BCUT2D eigenvalue weighted by Crippen LogP contribution is 2.13. The molecule has 0 heterocycles. The van der Waals surface area contributed by atoms with Crippen molar-refractivity contribution in [3.8, 4) is 0 Å². The van der Waals surface area contributed by atoms with Crippen molar-refractivity contribution in [2.75, 3.05) is 47.5 Å². The van der Waals surface area contributed by atoms with Crippen LogP contribution < -0.4 is 0 Å². The molecule has 2 atom stereocenters. The number of hydrogen-bond acceptors (Lipinski definition) is 7. The van der Waals surface area contributed by atoms with Crippen molar-refractivity contribution in [3.63, 3.8) is 0 Å². The minimum Gasteiger partial charge on any atom is -0.477 e. The zero-order valence-electron chi connectivity index (χ0n) is 30.9. The van der Waals surface area contributed by atoms with Crippen LogP contribution in [0.4, 0.5) is 0 Å². The van der Waals surface area contributed by atoms with Gasteiger partial charge in [-0.2, -0.15) is 0 Å². The maximum absolute atomic E-state index is 12.6. The van der Waals surface area contributed by atoms with E-state index < -0.39 is 24.3 Å². The van der Waals surface area contributed by atoms with Gasteiger partial charge in [-0.05, 0) is 38.5 Å². The van der Waals surface area contributed by atoms with Gasteiger partial charge in [-0.15, -0.1) is 0 Å². The van der Waals surface area contributed by atoms with E-state index in [-0.39, 0.29) is 32.2 Å². The number of carboxylic acid groups (broad SMARTS) is 1. The van der Waals surface area contributed by atoms with Crippen molar-refractivity contribution >= 4 is 17.9 Å². The lowest BCUT2D eigenvalue weighted by Gasteiger charge is -2.25. The van der Waals surface area contributed by atoms with Crippen LogP contribution in [-0.2, 0) is 33.3 Å². The minimum absolute atomic E-state index is 0.182. The number of unbranched alkanes of at least 4 members (excludes halogenated alkanes) is 17. The molecule has 47 heavy (non-hydrogen) atoms. The normalized spacial score (nSPS) is 13.1. The smallest absolute Gasteiger partial charge is 0.361 e. The maximum atomic E-state index is 12.6. The molecular formula is C38H72NO8+. The average Bonchev–Trinajstić information content (AvgIpc) is 3.01. The van der Waals surface area contributed by atoms with Crippen molar-refractivity contribution in [2.24, 2.45) is 0 Å². The summed E-state index contributed by atoms with van der Waals surface area (Å²) in [7, 11) is 5.93. The number of carboxylic acids is 1. The molecule has 0 amide bonds. The van der Waals surface area contributed by atoms with Crippen molar-refractivity contribution in [2.45, 2.75) is 167 Å². The van der Waals surface area contributed by atoms with Crippen LogP contribution in [0.15, 0.2) is 12.2 Å². The van der Waals surface area contributed by atoms with E-state index in [0.29, 0.717) is 17.4 Å². The molecule has 0 rings (SSSR count). The Morgan fingerprint density at radius 1 is 0.617 bits per heavy atom. The van der Waals surface area contributed by atoms with Crippen molar-refractivity contribution in [3.05, 3.63) is 12.2 Å². The number of allylic oxidation sites excluding steroid dienone is 2. The second-order valence-electron chi connectivity index (χ2n) is 13.9. The number of likely N-dealkylation sites (N-methyl/N-ethyl adjacent to an activating group) is 1. The standard InChI is InChI=1S/C38H71NO8/c1-6-8-10-12-13-14-15-16-17-18-19-20-21-22-23-25-27-29-36(41)47-34(32-45-35(40)28-26-24-11-9-7-2)33-46-38(37(42)43)44-31-30-39(3,4)5/h16-17,34,38H,6-15,18-33H2,1-5H3/p+1/b17-16-. The number of carbonyl (C=O) groups excluding carboxylic acids is 2. The van der Waals surface area contributed by atoms with Crippen molar-refractivity contribution < 1.29 is 42.9 Å². The second kappa shape index (κ2) is 31.3. The maximum Gasteiger partial charge on any atom is 0.361 e. The molecule has 0 aliphatic carbocycles. The lowest BCUT2D eigenvalue weighted by Crippen LogP contribution is -2.40. The molecule has 0 fully saturated rings. The average molecular weight is 671 g/mol. The number of quaternary nitrogens is 1. The Bertz CT molecular complexity index is 795. The van der Waals surface area contributed by atoms with Gasteiger partial charge in [0.05, 0.1) is 34.4 Å². The number of nitrogens with zero attached hydrogens (tertiary/aromatic N) is 1. The SMILES string of the molecule is CCCCCCCC/C=C\CCCCCCCCCC(=O)OC(COC(=O)CCCCCCC)COC(OCC[N+](C)(C)C)C(=O)O. The van der Waals surface area contributed by atoms with Gasteiger partial charge in [-0.1, -0.05) is 116 Å². The Balaban J connectivity index is 4.38. The summed E-state index contributed by atoms with van der Waals surface area (Å²) in [6.45, 7) is 4.75. The number of aliphatic carboxylic acids is 1. The summed E-state index contributed by atoms with van der Waals surface area (Å²) in [6, 6.07) is 0. The van der Waals surface area contributed by atoms with Gasteiger partial charge < -0.3 is 28.5 Å².